The Morgan fingerprint density at radius 1 is 1.12 bits per heavy atom. The number of imide groups is 1. The van der Waals surface area contributed by atoms with E-state index in [0.717, 1.165) is 40.0 Å². The molecule has 2 amide bonds. The van der Waals surface area contributed by atoms with Gasteiger partial charge in [-0.25, -0.2) is 4.90 Å². The first-order valence-electron chi connectivity index (χ1n) is 14.4. The monoisotopic (exact) mass is 558 g/mol. The Balaban J connectivity index is 1.44. The fourth-order valence-corrected chi connectivity index (χ4v) is 6.84. The van der Waals surface area contributed by atoms with Crippen molar-refractivity contribution in [3.8, 4) is 5.75 Å². The highest BCUT2D eigenvalue weighted by atomic mass is 16.6. The lowest BCUT2D eigenvalue weighted by atomic mass is 9.58. The van der Waals surface area contributed by atoms with Gasteiger partial charge in [0.25, 0.3) is 5.69 Å². The number of fused-ring (bicyclic) bond motifs is 3. The van der Waals surface area contributed by atoms with Crippen molar-refractivity contribution in [2.45, 2.75) is 64.8 Å². The molecule has 9 nitrogen and oxygen atoms in total. The number of allylic oxidation sites excluding steroid dienone is 2. The van der Waals surface area contributed by atoms with Crippen LogP contribution in [0.2, 0.25) is 6.32 Å². The van der Waals surface area contributed by atoms with Crippen LogP contribution in [0.4, 0.5) is 11.4 Å². The number of para-hydroxylation sites is 1. The van der Waals surface area contributed by atoms with Gasteiger partial charge in [-0.3, -0.25) is 19.7 Å². The zero-order chi connectivity index (χ0) is 29.3. The van der Waals surface area contributed by atoms with E-state index in [0.29, 0.717) is 25.7 Å². The molecule has 2 aromatic rings. The number of phenols is 1. The van der Waals surface area contributed by atoms with E-state index in [1.54, 1.807) is 18.2 Å². The Morgan fingerprint density at radius 3 is 2.61 bits per heavy atom. The van der Waals surface area contributed by atoms with E-state index in [9.17, 15) is 29.8 Å². The minimum Gasteiger partial charge on any atom is -0.507 e. The number of amides is 2. The van der Waals surface area contributed by atoms with Crippen LogP contribution < -0.4 is 4.90 Å². The molecule has 0 spiro atoms. The molecule has 0 aromatic heterocycles. The van der Waals surface area contributed by atoms with Gasteiger partial charge in [-0.2, -0.15) is 0 Å². The number of nitro groups is 1. The molecule has 0 bridgehead atoms. The number of carbonyl (C=O) groups is 2. The second-order valence-corrected chi connectivity index (χ2v) is 11.1. The molecule has 2 saturated heterocycles. The molecule has 214 valence electrons. The Bertz CT molecular complexity index is 1420. The highest BCUT2D eigenvalue weighted by Crippen LogP contribution is 2.52. The maximum absolute atomic E-state index is 13.8. The molecule has 3 aliphatic rings. The van der Waals surface area contributed by atoms with Gasteiger partial charge in [0.05, 0.1) is 28.6 Å². The third kappa shape index (κ3) is 5.58. The average Bonchev–Trinajstić information content (AvgIpc) is 3.21. The zero-order valence-electron chi connectivity index (χ0n) is 23.4. The van der Waals surface area contributed by atoms with Crippen molar-refractivity contribution in [2.75, 3.05) is 4.90 Å². The fourth-order valence-electron chi connectivity index (χ4n) is 6.84. The predicted octanol–water partition coefficient (Wildman–Crippen LogP) is 5.68. The third-order valence-electron chi connectivity index (χ3n) is 8.63. The standard InChI is InChI=1S/C31H35BN2O7/c1-3-8-19(15-21-9-5-6-12-26(21)35)13-14-27-28-20(4-2)16-24-29(25(28)18-32(38)41-27)31(37)33(30(24)36)22-10-7-11-23(17-22)34(39)40/h5-7,9-12,15,17,24-25,27,29,35,38H,3-4,8,13-14,16,18H2,1-2H3/b19-15+/t24-,25+,27-,29-/m1/s1. The second-order valence-electron chi connectivity index (χ2n) is 11.1. The molecule has 10 heteroatoms. The van der Waals surface area contributed by atoms with E-state index in [2.05, 4.69) is 6.92 Å². The lowest BCUT2D eigenvalue weighted by Crippen LogP contribution is -2.46. The number of aromatic hydroxyl groups is 1. The van der Waals surface area contributed by atoms with Gasteiger partial charge in [0.15, 0.2) is 0 Å². The number of nitro benzene ring substituents is 1. The lowest BCUT2D eigenvalue weighted by molar-refractivity contribution is -0.384. The number of hydrogen-bond donors (Lipinski definition) is 2. The summed E-state index contributed by atoms with van der Waals surface area (Å²) in [5, 5.41) is 32.4. The summed E-state index contributed by atoms with van der Waals surface area (Å²) in [6.45, 7) is 4.13. The first kappa shape index (κ1) is 28.8. The number of rotatable bonds is 9. The Morgan fingerprint density at radius 2 is 1.90 bits per heavy atom. The van der Waals surface area contributed by atoms with E-state index >= 15 is 0 Å². The topological polar surface area (TPSA) is 130 Å². The molecule has 0 unspecified atom stereocenters. The summed E-state index contributed by atoms with van der Waals surface area (Å²) < 4.78 is 6.09. The third-order valence-corrected chi connectivity index (χ3v) is 8.63. The molecular weight excluding hydrogens is 523 g/mol. The van der Waals surface area contributed by atoms with Gasteiger partial charge in [0.2, 0.25) is 11.8 Å². The Kier molecular flexibility index (Phi) is 8.42. The number of anilines is 1. The average molecular weight is 558 g/mol. The summed E-state index contributed by atoms with van der Waals surface area (Å²) in [4.78, 5) is 39.4. The molecule has 2 fully saturated rings. The Hall–Kier alpha value is -3.76. The summed E-state index contributed by atoms with van der Waals surface area (Å²) in [6, 6.07) is 12.8. The summed E-state index contributed by atoms with van der Waals surface area (Å²) in [6.07, 6.45) is 6.01. The van der Waals surface area contributed by atoms with Crippen LogP contribution in [-0.4, -0.2) is 40.1 Å². The summed E-state index contributed by atoms with van der Waals surface area (Å²) in [5.41, 5.74) is 4.02. The van der Waals surface area contributed by atoms with Crippen LogP contribution in [0.15, 0.2) is 65.3 Å². The number of hydrogen-bond acceptors (Lipinski definition) is 7. The molecular formula is C31H35BN2O7. The number of nitrogens with zero attached hydrogens (tertiary/aromatic N) is 2. The quantitative estimate of drug-likeness (QED) is 0.133. The van der Waals surface area contributed by atoms with Gasteiger partial charge in [-0.05, 0) is 62.0 Å². The van der Waals surface area contributed by atoms with E-state index in [-0.39, 0.29) is 41.2 Å². The highest BCUT2D eigenvalue weighted by Gasteiger charge is 2.57. The maximum Gasteiger partial charge on any atom is 0.455 e. The van der Waals surface area contributed by atoms with Crippen LogP contribution in [0.5, 0.6) is 5.75 Å². The van der Waals surface area contributed by atoms with Crippen LogP contribution >= 0.6 is 0 Å². The van der Waals surface area contributed by atoms with Crippen molar-refractivity contribution in [2.24, 2.45) is 17.8 Å². The van der Waals surface area contributed by atoms with E-state index < -0.39 is 30.0 Å². The van der Waals surface area contributed by atoms with Crippen molar-refractivity contribution in [3.05, 3.63) is 80.9 Å². The summed E-state index contributed by atoms with van der Waals surface area (Å²) in [7, 11) is -1.07. The van der Waals surface area contributed by atoms with Gasteiger partial charge < -0.3 is 14.8 Å². The van der Waals surface area contributed by atoms with Gasteiger partial charge in [0, 0.05) is 17.7 Å². The van der Waals surface area contributed by atoms with Gasteiger partial charge in [-0.1, -0.05) is 61.8 Å². The van der Waals surface area contributed by atoms with Crippen molar-refractivity contribution in [1.29, 1.82) is 0 Å². The summed E-state index contributed by atoms with van der Waals surface area (Å²) >= 11 is 0. The van der Waals surface area contributed by atoms with Crippen LogP contribution in [-0.2, 0) is 14.2 Å². The smallest absolute Gasteiger partial charge is 0.455 e. The second kappa shape index (κ2) is 12.0. The molecule has 1 aliphatic carbocycles. The molecule has 4 atom stereocenters. The molecule has 5 rings (SSSR count). The van der Waals surface area contributed by atoms with Crippen molar-refractivity contribution in [3.63, 3.8) is 0 Å². The molecule has 2 aromatic carbocycles. The predicted molar refractivity (Wildman–Crippen MR) is 156 cm³/mol. The summed E-state index contributed by atoms with van der Waals surface area (Å²) in [5.74, 6) is -2.09. The van der Waals surface area contributed by atoms with Crippen molar-refractivity contribution >= 4 is 36.4 Å². The fraction of sp³-hybridized carbons (Fsp3) is 0.419. The highest BCUT2D eigenvalue weighted by molar-refractivity contribution is 6.43. The normalized spacial score (nSPS) is 24.5. The van der Waals surface area contributed by atoms with Crippen LogP contribution in [0.25, 0.3) is 6.08 Å². The maximum atomic E-state index is 13.8. The van der Waals surface area contributed by atoms with Gasteiger partial charge in [-0.15, -0.1) is 0 Å². The lowest BCUT2D eigenvalue weighted by Gasteiger charge is -2.43. The Labute approximate surface area is 239 Å². The molecule has 2 N–H and O–H groups in total. The molecule has 2 aliphatic heterocycles. The molecule has 2 heterocycles. The number of benzene rings is 2. The number of phenolic OH excluding ortho intramolecular Hbond substituents is 1. The molecule has 0 saturated carbocycles. The zero-order valence-corrected chi connectivity index (χ0v) is 23.4. The largest absolute Gasteiger partial charge is 0.507 e. The van der Waals surface area contributed by atoms with E-state index in [1.807, 2.05) is 25.1 Å². The molecule has 0 radical (unpaired) electrons. The van der Waals surface area contributed by atoms with Crippen LogP contribution in [0, 0.1) is 27.9 Å². The molecule has 41 heavy (non-hydrogen) atoms. The van der Waals surface area contributed by atoms with Crippen molar-refractivity contribution < 1.29 is 29.3 Å². The number of carbonyl (C=O) groups excluding carboxylic acids is 2. The van der Waals surface area contributed by atoms with E-state index in [4.69, 9.17) is 4.65 Å². The number of non-ortho nitro benzene ring substituents is 1. The minimum atomic E-state index is -1.07. The van der Waals surface area contributed by atoms with Crippen LogP contribution in [0.3, 0.4) is 0 Å². The van der Waals surface area contributed by atoms with E-state index in [1.165, 1.54) is 18.2 Å². The first-order valence-corrected chi connectivity index (χ1v) is 14.4. The first-order chi connectivity index (χ1) is 19.7. The minimum absolute atomic E-state index is 0.188. The van der Waals surface area contributed by atoms with Gasteiger partial charge >= 0.3 is 7.12 Å². The van der Waals surface area contributed by atoms with Gasteiger partial charge in [0.1, 0.15) is 5.75 Å². The van der Waals surface area contributed by atoms with Crippen LogP contribution in [0.1, 0.15) is 57.9 Å². The van der Waals surface area contributed by atoms with Crippen molar-refractivity contribution in [1.82, 2.24) is 0 Å². The SMILES string of the molecule is CCC/C(=C\c1ccccc1O)CC[C@H]1OB(O)C[C@H]2C1=C(CC)C[C@H]1C(=O)N(c3cccc([N+](=O)[O-])c3)C(=O)[C@H]12.